The first kappa shape index (κ1) is 11.7. The third kappa shape index (κ3) is 2.68. The largest absolute Gasteiger partial charge is 0.573 e. The Hall–Kier alpha value is -1.75. The molecule has 0 aliphatic rings. The molecule has 0 amide bonds. The quantitative estimate of drug-likeness (QED) is 0.876. The fourth-order valence-electron chi connectivity index (χ4n) is 1.64. The van der Waals surface area contributed by atoms with Gasteiger partial charge >= 0.3 is 6.36 Å². The van der Waals surface area contributed by atoms with Crippen molar-refractivity contribution in [2.75, 3.05) is 0 Å². The van der Waals surface area contributed by atoms with Gasteiger partial charge in [-0.05, 0) is 23.1 Å². The number of aliphatic hydroxyl groups is 1. The molecule has 0 aromatic heterocycles. The van der Waals surface area contributed by atoms with Crippen LogP contribution in [0.2, 0.25) is 0 Å². The van der Waals surface area contributed by atoms with Gasteiger partial charge in [-0.2, -0.15) is 0 Å². The molecule has 0 saturated heterocycles. The second kappa shape index (κ2) is 4.25. The highest BCUT2D eigenvalue weighted by atomic mass is 19.4. The van der Waals surface area contributed by atoms with E-state index in [9.17, 15) is 13.2 Å². The van der Waals surface area contributed by atoms with Crippen LogP contribution in [0.4, 0.5) is 13.2 Å². The van der Waals surface area contributed by atoms with Gasteiger partial charge in [0.15, 0.2) is 0 Å². The average molecular weight is 242 g/mol. The van der Waals surface area contributed by atoms with Crippen LogP contribution in [-0.2, 0) is 6.61 Å². The van der Waals surface area contributed by atoms with Crippen LogP contribution in [0.3, 0.4) is 0 Å². The summed E-state index contributed by atoms with van der Waals surface area (Å²) in [6, 6.07) is 9.36. The normalized spacial score (nSPS) is 11.8. The Kier molecular flexibility index (Phi) is 2.93. The van der Waals surface area contributed by atoms with Crippen molar-refractivity contribution in [1.82, 2.24) is 0 Å². The molecule has 0 aliphatic carbocycles. The van der Waals surface area contributed by atoms with Gasteiger partial charge in [0, 0.05) is 5.39 Å². The Labute approximate surface area is 95.2 Å². The fourth-order valence-corrected chi connectivity index (χ4v) is 1.64. The van der Waals surface area contributed by atoms with E-state index in [-0.39, 0.29) is 12.4 Å². The lowest BCUT2D eigenvalue weighted by atomic mass is 10.1. The third-order valence-electron chi connectivity index (χ3n) is 2.29. The van der Waals surface area contributed by atoms with Gasteiger partial charge < -0.3 is 9.84 Å². The molecule has 0 radical (unpaired) electrons. The summed E-state index contributed by atoms with van der Waals surface area (Å²) in [6.45, 7) is -0.334. The predicted molar refractivity (Wildman–Crippen MR) is 56.6 cm³/mol. The summed E-state index contributed by atoms with van der Waals surface area (Å²) in [5.74, 6) is -0.292. The molecule has 0 atom stereocenters. The highest BCUT2D eigenvalue weighted by molar-refractivity contribution is 5.89. The van der Waals surface area contributed by atoms with Crippen molar-refractivity contribution in [3.05, 3.63) is 42.0 Å². The molecule has 2 nitrogen and oxygen atoms in total. The molecule has 90 valence electrons. The number of halogens is 3. The van der Waals surface area contributed by atoms with Crippen LogP contribution in [0.5, 0.6) is 5.75 Å². The molecule has 0 heterocycles. The Bertz CT molecular complexity index is 535. The van der Waals surface area contributed by atoms with Crippen LogP contribution in [-0.4, -0.2) is 11.5 Å². The van der Waals surface area contributed by atoms with Gasteiger partial charge in [0.05, 0.1) is 6.61 Å². The van der Waals surface area contributed by atoms with Crippen LogP contribution >= 0.6 is 0 Å². The van der Waals surface area contributed by atoms with Crippen LogP contribution in [0, 0.1) is 0 Å². The maximum Gasteiger partial charge on any atom is 0.573 e. The topological polar surface area (TPSA) is 29.5 Å². The van der Waals surface area contributed by atoms with Crippen LogP contribution in [0.15, 0.2) is 36.4 Å². The molecule has 0 unspecified atom stereocenters. The molecule has 2 aromatic carbocycles. The minimum absolute atomic E-state index is 0.292. The Morgan fingerprint density at radius 2 is 1.82 bits per heavy atom. The number of benzene rings is 2. The van der Waals surface area contributed by atoms with E-state index in [1.165, 1.54) is 12.1 Å². The summed E-state index contributed by atoms with van der Waals surface area (Å²) in [5, 5.41) is 9.94. The summed E-state index contributed by atoms with van der Waals surface area (Å²) < 4.78 is 40.6. The molecular weight excluding hydrogens is 233 g/mol. The molecular formula is C12H9F3O2. The molecule has 0 fully saturated rings. The number of hydrogen-bond acceptors (Lipinski definition) is 2. The Balaban J connectivity index is 2.58. The molecule has 0 saturated carbocycles. The van der Waals surface area contributed by atoms with Gasteiger partial charge in [-0.1, -0.05) is 24.3 Å². The van der Waals surface area contributed by atoms with Crippen molar-refractivity contribution in [1.29, 1.82) is 0 Å². The van der Waals surface area contributed by atoms with E-state index in [1.807, 2.05) is 0 Å². The summed E-state index contributed by atoms with van der Waals surface area (Å²) in [7, 11) is 0. The molecule has 1 N–H and O–H groups in total. The van der Waals surface area contributed by atoms with Crippen molar-refractivity contribution in [2.45, 2.75) is 13.0 Å². The Morgan fingerprint density at radius 1 is 1.12 bits per heavy atom. The lowest BCUT2D eigenvalue weighted by Crippen LogP contribution is -2.17. The zero-order chi connectivity index (χ0) is 12.5. The van der Waals surface area contributed by atoms with E-state index < -0.39 is 6.36 Å². The molecule has 2 aromatic rings. The van der Waals surface area contributed by atoms with E-state index in [4.69, 9.17) is 5.11 Å². The second-order valence-electron chi connectivity index (χ2n) is 3.52. The van der Waals surface area contributed by atoms with E-state index in [0.717, 1.165) is 0 Å². The number of rotatable bonds is 2. The van der Waals surface area contributed by atoms with E-state index in [0.29, 0.717) is 16.3 Å². The van der Waals surface area contributed by atoms with Crippen LogP contribution in [0.1, 0.15) is 5.56 Å². The maximum absolute atomic E-state index is 12.2. The first-order chi connectivity index (χ1) is 7.99. The predicted octanol–water partition coefficient (Wildman–Crippen LogP) is 3.23. The van der Waals surface area contributed by atoms with Crippen LogP contribution in [0.25, 0.3) is 10.8 Å². The first-order valence-corrected chi connectivity index (χ1v) is 4.88. The van der Waals surface area contributed by atoms with Crippen molar-refractivity contribution in [2.24, 2.45) is 0 Å². The first-order valence-electron chi connectivity index (χ1n) is 4.88. The van der Waals surface area contributed by atoms with Crippen LogP contribution < -0.4 is 4.74 Å². The van der Waals surface area contributed by atoms with Gasteiger partial charge in [0.2, 0.25) is 0 Å². The maximum atomic E-state index is 12.2. The molecule has 0 aliphatic heterocycles. The average Bonchev–Trinajstić information content (AvgIpc) is 2.26. The molecule has 0 bridgehead atoms. The molecule has 0 spiro atoms. The van der Waals surface area contributed by atoms with Crippen molar-refractivity contribution >= 4 is 10.8 Å². The van der Waals surface area contributed by atoms with Gasteiger partial charge in [0.25, 0.3) is 0 Å². The number of hydrogen-bond donors (Lipinski definition) is 1. The van der Waals surface area contributed by atoms with Gasteiger partial charge in [-0.15, -0.1) is 13.2 Å². The van der Waals surface area contributed by atoms with Crippen molar-refractivity contribution in [3.8, 4) is 5.75 Å². The monoisotopic (exact) mass is 242 g/mol. The summed E-state index contributed by atoms with van der Waals surface area (Å²) >= 11 is 0. The molecule has 5 heteroatoms. The molecule has 2 rings (SSSR count). The summed E-state index contributed by atoms with van der Waals surface area (Å²) in [6.07, 6.45) is -4.74. The third-order valence-corrected chi connectivity index (χ3v) is 2.29. The zero-order valence-corrected chi connectivity index (χ0v) is 8.66. The summed E-state index contributed by atoms with van der Waals surface area (Å²) in [5.41, 5.74) is 0.378. The fraction of sp³-hybridized carbons (Fsp3) is 0.167. The molecule has 17 heavy (non-hydrogen) atoms. The van der Waals surface area contributed by atoms with Gasteiger partial charge in [-0.25, -0.2) is 0 Å². The SMILES string of the molecule is OCc1cc(OC(F)(F)F)c2ccccc2c1. The second-order valence-corrected chi connectivity index (χ2v) is 3.52. The Morgan fingerprint density at radius 3 is 2.47 bits per heavy atom. The highest BCUT2D eigenvalue weighted by Crippen LogP contribution is 2.31. The van der Waals surface area contributed by atoms with Gasteiger partial charge in [0.1, 0.15) is 5.75 Å². The minimum atomic E-state index is -4.74. The highest BCUT2D eigenvalue weighted by Gasteiger charge is 2.31. The number of fused-ring (bicyclic) bond motifs is 1. The van der Waals surface area contributed by atoms with E-state index in [1.54, 1.807) is 24.3 Å². The van der Waals surface area contributed by atoms with Crippen molar-refractivity contribution < 1.29 is 23.0 Å². The standard InChI is InChI=1S/C12H9F3O2/c13-12(14,15)17-11-6-8(7-16)5-9-3-1-2-4-10(9)11/h1-6,16H,7H2. The van der Waals surface area contributed by atoms with E-state index >= 15 is 0 Å². The number of alkyl halides is 3. The minimum Gasteiger partial charge on any atom is -0.405 e. The summed E-state index contributed by atoms with van der Waals surface area (Å²) in [4.78, 5) is 0. The number of aliphatic hydroxyl groups excluding tert-OH is 1. The van der Waals surface area contributed by atoms with Crippen molar-refractivity contribution in [3.63, 3.8) is 0 Å². The van der Waals surface area contributed by atoms with Gasteiger partial charge in [-0.3, -0.25) is 0 Å². The lowest BCUT2D eigenvalue weighted by molar-refractivity contribution is -0.274. The van der Waals surface area contributed by atoms with E-state index in [2.05, 4.69) is 4.74 Å². The lowest BCUT2D eigenvalue weighted by Gasteiger charge is -2.12. The smallest absolute Gasteiger partial charge is 0.405 e. The number of ether oxygens (including phenoxy) is 1. The zero-order valence-electron chi connectivity index (χ0n) is 8.66.